The highest BCUT2D eigenvalue weighted by Gasteiger charge is 2.18. The zero-order valence-electron chi connectivity index (χ0n) is 6.84. The fourth-order valence-electron chi connectivity index (χ4n) is 0.975. The number of aromatic amines is 1. The molecular weight excluding hydrogens is 190 g/mol. The van der Waals surface area contributed by atoms with E-state index in [4.69, 9.17) is 0 Å². The predicted molar refractivity (Wildman–Crippen MR) is 51.9 cm³/mol. The molecule has 0 fully saturated rings. The molecule has 13 heavy (non-hydrogen) atoms. The molecule has 0 bridgehead atoms. The molecule has 5 heteroatoms. The lowest BCUT2D eigenvalue weighted by molar-refractivity contribution is 0.0328. The maximum Gasteiger partial charge on any atom is 0.253 e. The van der Waals surface area contributed by atoms with Gasteiger partial charge in [0.05, 0.1) is 6.10 Å². The third-order valence-corrected chi connectivity index (χ3v) is 2.09. The second-order valence-electron chi connectivity index (χ2n) is 2.65. The first-order chi connectivity index (χ1) is 6.16. The third kappa shape index (κ3) is 2.33. The van der Waals surface area contributed by atoms with E-state index in [1.807, 2.05) is 0 Å². The molecule has 0 saturated heterocycles. The van der Waals surface area contributed by atoms with Gasteiger partial charge in [0.25, 0.3) is 5.56 Å². The van der Waals surface area contributed by atoms with Crippen LogP contribution in [0.15, 0.2) is 23.1 Å². The number of hydrogen-bond donors (Lipinski definition) is 4. The lowest BCUT2D eigenvalue weighted by Crippen LogP contribution is -2.25. The van der Waals surface area contributed by atoms with Gasteiger partial charge in [-0.25, -0.2) is 0 Å². The van der Waals surface area contributed by atoms with Crippen LogP contribution in [-0.4, -0.2) is 27.1 Å². The topological polar surface area (TPSA) is 73.3 Å². The van der Waals surface area contributed by atoms with Gasteiger partial charge in [0.1, 0.15) is 6.10 Å². The van der Waals surface area contributed by atoms with Crippen LogP contribution in [-0.2, 0) is 0 Å². The first-order valence-electron chi connectivity index (χ1n) is 3.81. The molecule has 2 atom stereocenters. The standard InChI is InChI=1S/C8H11NO3S/c10-6(4-13)7(11)5-2-1-3-9-8(5)12/h1-3,6-7,10-11,13H,4H2,(H,9,12). The number of hydrogen-bond acceptors (Lipinski definition) is 4. The van der Waals surface area contributed by atoms with Crippen LogP contribution in [0.3, 0.4) is 0 Å². The van der Waals surface area contributed by atoms with Gasteiger partial charge >= 0.3 is 0 Å². The summed E-state index contributed by atoms with van der Waals surface area (Å²) in [6.45, 7) is 0. The van der Waals surface area contributed by atoms with Gasteiger partial charge in [-0.2, -0.15) is 12.6 Å². The van der Waals surface area contributed by atoms with Gasteiger partial charge in [-0.05, 0) is 12.1 Å². The predicted octanol–water partition coefficient (Wildman–Crippen LogP) is -0.301. The molecule has 3 N–H and O–H groups in total. The molecule has 0 aromatic carbocycles. The zero-order valence-corrected chi connectivity index (χ0v) is 7.74. The molecule has 0 aliphatic rings. The minimum Gasteiger partial charge on any atom is -0.389 e. The van der Waals surface area contributed by atoms with Crippen molar-refractivity contribution in [3.05, 3.63) is 34.2 Å². The Morgan fingerprint density at radius 1 is 1.54 bits per heavy atom. The molecule has 0 radical (unpaired) electrons. The van der Waals surface area contributed by atoms with Gasteiger partial charge in [-0.3, -0.25) is 4.79 Å². The van der Waals surface area contributed by atoms with Crippen LogP contribution < -0.4 is 5.56 Å². The molecular formula is C8H11NO3S. The van der Waals surface area contributed by atoms with Gasteiger partial charge in [0.2, 0.25) is 0 Å². The molecule has 1 aromatic rings. The molecule has 4 nitrogen and oxygen atoms in total. The van der Waals surface area contributed by atoms with E-state index in [0.29, 0.717) is 0 Å². The molecule has 0 spiro atoms. The number of H-pyrrole nitrogens is 1. The highest BCUT2D eigenvalue weighted by Crippen LogP contribution is 2.12. The Morgan fingerprint density at radius 2 is 2.23 bits per heavy atom. The van der Waals surface area contributed by atoms with Gasteiger partial charge < -0.3 is 15.2 Å². The first-order valence-corrected chi connectivity index (χ1v) is 4.44. The van der Waals surface area contributed by atoms with Crippen LogP contribution >= 0.6 is 12.6 Å². The maximum atomic E-state index is 11.1. The van der Waals surface area contributed by atoms with Gasteiger partial charge in [-0.1, -0.05) is 0 Å². The van der Waals surface area contributed by atoms with E-state index >= 15 is 0 Å². The van der Waals surface area contributed by atoms with E-state index in [0.717, 1.165) is 0 Å². The Balaban J connectivity index is 2.95. The van der Waals surface area contributed by atoms with E-state index in [9.17, 15) is 15.0 Å². The van der Waals surface area contributed by atoms with Gasteiger partial charge in [-0.15, -0.1) is 0 Å². The highest BCUT2D eigenvalue weighted by molar-refractivity contribution is 7.80. The van der Waals surface area contributed by atoms with Crippen LogP contribution in [0.25, 0.3) is 0 Å². The van der Waals surface area contributed by atoms with Crippen molar-refractivity contribution in [2.75, 3.05) is 5.75 Å². The lowest BCUT2D eigenvalue weighted by atomic mass is 10.1. The largest absolute Gasteiger partial charge is 0.389 e. The van der Waals surface area contributed by atoms with Crippen LogP contribution in [0.4, 0.5) is 0 Å². The van der Waals surface area contributed by atoms with Crippen molar-refractivity contribution < 1.29 is 10.2 Å². The maximum absolute atomic E-state index is 11.1. The van der Waals surface area contributed by atoms with Crippen LogP contribution in [0.5, 0.6) is 0 Å². The summed E-state index contributed by atoms with van der Waals surface area (Å²) in [6, 6.07) is 3.06. The zero-order chi connectivity index (χ0) is 9.84. The van der Waals surface area contributed by atoms with E-state index in [-0.39, 0.29) is 11.3 Å². The van der Waals surface area contributed by atoms with Crippen molar-refractivity contribution in [1.82, 2.24) is 4.98 Å². The minimum absolute atomic E-state index is 0.107. The Hall–Kier alpha value is -0.780. The van der Waals surface area contributed by atoms with Crippen LogP contribution in [0.1, 0.15) is 11.7 Å². The molecule has 72 valence electrons. The Kier molecular flexibility index (Phi) is 3.53. The number of pyridine rings is 1. The number of thiol groups is 1. The molecule has 0 aliphatic heterocycles. The normalized spacial score (nSPS) is 15.3. The van der Waals surface area contributed by atoms with E-state index < -0.39 is 17.8 Å². The van der Waals surface area contributed by atoms with Crippen molar-refractivity contribution in [1.29, 1.82) is 0 Å². The fraction of sp³-hybridized carbons (Fsp3) is 0.375. The van der Waals surface area contributed by atoms with E-state index in [2.05, 4.69) is 17.6 Å². The third-order valence-electron chi connectivity index (χ3n) is 1.72. The Morgan fingerprint density at radius 3 is 2.77 bits per heavy atom. The molecule has 0 amide bonds. The Labute approximate surface area is 80.7 Å². The molecule has 1 heterocycles. The molecule has 0 saturated carbocycles. The number of nitrogens with one attached hydrogen (secondary N) is 1. The van der Waals surface area contributed by atoms with Crippen LogP contribution in [0.2, 0.25) is 0 Å². The summed E-state index contributed by atoms with van der Waals surface area (Å²) >= 11 is 3.82. The molecule has 2 unspecified atom stereocenters. The summed E-state index contributed by atoms with van der Waals surface area (Å²) in [5, 5.41) is 18.7. The SMILES string of the molecule is O=c1[nH]cccc1C(O)C(O)CS. The van der Waals surface area contributed by atoms with Gasteiger partial charge in [0, 0.05) is 17.5 Å². The van der Waals surface area contributed by atoms with Gasteiger partial charge in [0.15, 0.2) is 0 Å². The van der Waals surface area contributed by atoms with Crippen LogP contribution in [0, 0.1) is 0 Å². The average molecular weight is 201 g/mol. The van der Waals surface area contributed by atoms with Crippen molar-refractivity contribution in [3.8, 4) is 0 Å². The monoisotopic (exact) mass is 201 g/mol. The number of aromatic nitrogens is 1. The molecule has 0 aliphatic carbocycles. The summed E-state index contributed by atoms with van der Waals surface area (Å²) < 4.78 is 0. The smallest absolute Gasteiger partial charge is 0.253 e. The highest BCUT2D eigenvalue weighted by atomic mass is 32.1. The second-order valence-corrected chi connectivity index (χ2v) is 3.01. The number of aliphatic hydroxyl groups is 2. The molecule has 1 aromatic heterocycles. The number of aliphatic hydroxyl groups excluding tert-OH is 2. The van der Waals surface area contributed by atoms with Crippen molar-refractivity contribution >= 4 is 12.6 Å². The summed E-state index contributed by atoms with van der Waals surface area (Å²) in [7, 11) is 0. The summed E-state index contributed by atoms with van der Waals surface area (Å²) in [6.07, 6.45) is -0.736. The average Bonchev–Trinajstić information content (AvgIpc) is 2.16. The minimum atomic E-state index is -1.18. The quantitative estimate of drug-likeness (QED) is 0.507. The summed E-state index contributed by atoms with van der Waals surface area (Å²) in [5.41, 5.74) is -0.236. The first kappa shape index (κ1) is 10.3. The molecule has 1 rings (SSSR count). The Bertz CT molecular complexity index is 325. The van der Waals surface area contributed by atoms with Crippen molar-refractivity contribution in [2.45, 2.75) is 12.2 Å². The van der Waals surface area contributed by atoms with Crippen molar-refractivity contribution in [3.63, 3.8) is 0 Å². The van der Waals surface area contributed by atoms with E-state index in [1.165, 1.54) is 12.3 Å². The second kappa shape index (κ2) is 4.45. The van der Waals surface area contributed by atoms with Crippen molar-refractivity contribution in [2.24, 2.45) is 0 Å². The summed E-state index contributed by atoms with van der Waals surface area (Å²) in [4.78, 5) is 13.5. The lowest BCUT2D eigenvalue weighted by Gasteiger charge is -2.14. The van der Waals surface area contributed by atoms with E-state index in [1.54, 1.807) is 6.07 Å². The number of rotatable bonds is 3. The fourth-order valence-corrected chi connectivity index (χ4v) is 1.17. The summed E-state index contributed by atoms with van der Waals surface area (Å²) in [5.74, 6) is 0.107.